The van der Waals surface area contributed by atoms with Crippen LogP contribution in [0.2, 0.25) is 0 Å². The highest BCUT2D eigenvalue weighted by Gasteiger charge is 2.17. The zero-order valence-corrected chi connectivity index (χ0v) is 12.4. The Hall–Kier alpha value is -0.820. The van der Waals surface area contributed by atoms with Gasteiger partial charge in [-0.15, -0.1) is 0 Å². The van der Waals surface area contributed by atoms with Crippen LogP contribution in [0.25, 0.3) is 0 Å². The third-order valence-electron chi connectivity index (χ3n) is 3.72. The molecule has 0 fully saturated rings. The Morgan fingerprint density at radius 3 is 2.17 bits per heavy atom. The Morgan fingerprint density at radius 1 is 1.06 bits per heavy atom. The molecule has 0 aromatic heterocycles. The van der Waals surface area contributed by atoms with Crippen molar-refractivity contribution in [1.29, 1.82) is 0 Å². The second-order valence-corrected chi connectivity index (χ2v) is 5.58. The molecule has 1 aromatic rings. The number of hydrogen-bond acceptors (Lipinski definition) is 1. The molecule has 0 spiro atoms. The van der Waals surface area contributed by atoms with Crippen molar-refractivity contribution in [3.05, 3.63) is 34.9 Å². The predicted molar refractivity (Wildman–Crippen MR) is 78.9 cm³/mol. The van der Waals surface area contributed by atoms with Crippen LogP contribution in [0.1, 0.15) is 56.2 Å². The zero-order valence-electron chi connectivity index (χ0n) is 12.4. The van der Waals surface area contributed by atoms with E-state index in [4.69, 9.17) is 0 Å². The van der Waals surface area contributed by atoms with Gasteiger partial charge in [0.05, 0.1) is 6.10 Å². The van der Waals surface area contributed by atoms with Crippen LogP contribution < -0.4 is 0 Å². The smallest absolute Gasteiger partial charge is 0.0608 e. The number of unbranched alkanes of at least 4 members (excludes halogenated alkanes) is 1. The third-order valence-corrected chi connectivity index (χ3v) is 3.72. The first-order valence-electron chi connectivity index (χ1n) is 7.32. The van der Waals surface area contributed by atoms with Gasteiger partial charge in [-0.05, 0) is 38.2 Å². The molecule has 0 radical (unpaired) electrons. The first-order valence-corrected chi connectivity index (χ1v) is 7.32. The van der Waals surface area contributed by atoms with E-state index < -0.39 is 0 Å². The van der Waals surface area contributed by atoms with E-state index in [2.05, 4.69) is 45.9 Å². The number of aliphatic hydroxyl groups is 1. The summed E-state index contributed by atoms with van der Waals surface area (Å²) in [5, 5.41) is 10.4. The topological polar surface area (TPSA) is 20.2 Å². The van der Waals surface area contributed by atoms with Crippen LogP contribution in [0.4, 0.5) is 0 Å². The number of benzene rings is 1. The standard InChI is InChI=1S/C17H28O/c1-5-7-8-16(6-2)17(18)12-15-10-13(3)9-14(4)11-15/h9-11,16-18H,5-8,12H2,1-4H3. The summed E-state index contributed by atoms with van der Waals surface area (Å²) in [5.41, 5.74) is 3.85. The summed E-state index contributed by atoms with van der Waals surface area (Å²) >= 11 is 0. The number of rotatable bonds is 7. The molecule has 102 valence electrons. The fourth-order valence-electron chi connectivity index (χ4n) is 2.73. The van der Waals surface area contributed by atoms with Gasteiger partial charge in [0.25, 0.3) is 0 Å². The molecular weight excluding hydrogens is 220 g/mol. The zero-order chi connectivity index (χ0) is 13.5. The van der Waals surface area contributed by atoms with Crippen molar-refractivity contribution in [2.75, 3.05) is 0 Å². The second-order valence-electron chi connectivity index (χ2n) is 5.58. The van der Waals surface area contributed by atoms with Crippen LogP contribution in [-0.2, 0) is 6.42 Å². The molecule has 1 heteroatoms. The Balaban J connectivity index is 2.63. The summed E-state index contributed by atoms with van der Waals surface area (Å²) in [4.78, 5) is 0. The quantitative estimate of drug-likeness (QED) is 0.757. The fourth-order valence-corrected chi connectivity index (χ4v) is 2.73. The van der Waals surface area contributed by atoms with E-state index in [0.29, 0.717) is 5.92 Å². The Bertz CT molecular complexity index is 336. The van der Waals surface area contributed by atoms with Gasteiger partial charge in [-0.25, -0.2) is 0 Å². The summed E-state index contributed by atoms with van der Waals surface area (Å²) in [7, 11) is 0. The van der Waals surface area contributed by atoms with E-state index in [-0.39, 0.29) is 6.10 Å². The van der Waals surface area contributed by atoms with E-state index >= 15 is 0 Å². The highest BCUT2D eigenvalue weighted by molar-refractivity contribution is 5.29. The third kappa shape index (κ3) is 4.81. The molecule has 2 atom stereocenters. The number of aliphatic hydroxyl groups excluding tert-OH is 1. The van der Waals surface area contributed by atoms with Crippen molar-refractivity contribution >= 4 is 0 Å². The van der Waals surface area contributed by atoms with Crippen LogP contribution >= 0.6 is 0 Å². The molecule has 0 bridgehead atoms. The van der Waals surface area contributed by atoms with Crippen LogP contribution in [0.3, 0.4) is 0 Å². The molecule has 18 heavy (non-hydrogen) atoms. The number of aryl methyl sites for hydroxylation is 2. The molecule has 0 saturated carbocycles. The molecule has 2 unspecified atom stereocenters. The average Bonchev–Trinajstić information content (AvgIpc) is 2.28. The Labute approximate surface area is 112 Å². The highest BCUT2D eigenvalue weighted by Crippen LogP contribution is 2.21. The van der Waals surface area contributed by atoms with Gasteiger partial charge in [-0.2, -0.15) is 0 Å². The predicted octanol–water partition coefficient (Wildman–Crippen LogP) is 4.42. The molecule has 0 amide bonds. The minimum Gasteiger partial charge on any atom is -0.392 e. The van der Waals surface area contributed by atoms with Gasteiger partial charge in [0.2, 0.25) is 0 Å². The van der Waals surface area contributed by atoms with Crippen LogP contribution in [0.5, 0.6) is 0 Å². The Morgan fingerprint density at radius 2 is 1.67 bits per heavy atom. The first-order chi connectivity index (χ1) is 8.56. The largest absolute Gasteiger partial charge is 0.392 e. The minimum absolute atomic E-state index is 0.192. The SMILES string of the molecule is CCCCC(CC)C(O)Cc1cc(C)cc(C)c1. The van der Waals surface area contributed by atoms with E-state index in [1.807, 2.05) is 0 Å². The van der Waals surface area contributed by atoms with Crippen molar-refractivity contribution in [3.63, 3.8) is 0 Å². The maximum absolute atomic E-state index is 10.4. The van der Waals surface area contributed by atoms with Crippen molar-refractivity contribution < 1.29 is 5.11 Å². The average molecular weight is 248 g/mol. The first kappa shape index (κ1) is 15.2. The molecule has 1 aromatic carbocycles. The van der Waals surface area contributed by atoms with Crippen LogP contribution in [0.15, 0.2) is 18.2 Å². The molecule has 1 nitrogen and oxygen atoms in total. The summed E-state index contributed by atoms with van der Waals surface area (Å²) in [6.45, 7) is 8.64. The lowest BCUT2D eigenvalue weighted by Gasteiger charge is -2.22. The molecule has 1 rings (SSSR count). The summed E-state index contributed by atoms with van der Waals surface area (Å²) in [6, 6.07) is 6.58. The molecule has 0 aliphatic rings. The fraction of sp³-hybridized carbons (Fsp3) is 0.647. The summed E-state index contributed by atoms with van der Waals surface area (Å²) in [6.07, 6.45) is 5.27. The van der Waals surface area contributed by atoms with Gasteiger partial charge < -0.3 is 5.11 Å². The van der Waals surface area contributed by atoms with Gasteiger partial charge in [0.15, 0.2) is 0 Å². The van der Waals surface area contributed by atoms with Gasteiger partial charge in [-0.3, -0.25) is 0 Å². The molecule has 1 N–H and O–H groups in total. The second kappa shape index (κ2) is 7.58. The van der Waals surface area contributed by atoms with Crippen LogP contribution in [0, 0.1) is 19.8 Å². The summed E-state index contributed by atoms with van der Waals surface area (Å²) in [5.74, 6) is 0.450. The molecule has 0 saturated heterocycles. The lowest BCUT2D eigenvalue weighted by atomic mass is 9.89. The van der Waals surface area contributed by atoms with Crippen molar-refractivity contribution in [1.82, 2.24) is 0 Å². The molecule has 0 aliphatic carbocycles. The lowest BCUT2D eigenvalue weighted by Crippen LogP contribution is -2.22. The maximum atomic E-state index is 10.4. The normalized spacial score (nSPS) is 14.5. The minimum atomic E-state index is -0.192. The van der Waals surface area contributed by atoms with Gasteiger partial charge >= 0.3 is 0 Å². The number of hydrogen-bond donors (Lipinski definition) is 1. The van der Waals surface area contributed by atoms with Crippen molar-refractivity contribution in [3.8, 4) is 0 Å². The molecule has 0 aliphatic heterocycles. The van der Waals surface area contributed by atoms with E-state index in [1.165, 1.54) is 29.5 Å². The van der Waals surface area contributed by atoms with Gasteiger partial charge in [0, 0.05) is 0 Å². The van der Waals surface area contributed by atoms with E-state index in [0.717, 1.165) is 19.3 Å². The van der Waals surface area contributed by atoms with Gasteiger partial charge in [-0.1, -0.05) is 62.4 Å². The molecule has 0 heterocycles. The Kier molecular flexibility index (Phi) is 6.42. The monoisotopic (exact) mass is 248 g/mol. The summed E-state index contributed by atoms with van der Waals surface area (Å²) < 4.78 is 0. The molecular formula is C17H28O. The lowest BCUT2D eigenvalue weighted by molar-refractivity contribution is 0.0987. The van der Waals surface area contributed by atoms with Crippen LogP contribution in [-0.4, -0.2) is 11.2 Å². The van der Waals surface area contributed by atoms with Crippen molar-refractivity contribution in [2.45, 2.75) is 65.9 Å². The van der Waals surface area contributed by atoms with E-state index in [1.54, 1.807) is 0 Å². The van der Waals surface area contributed by atoms with E-state index in [9.17, 15) is 5.11 Å². The maximum Gasteiger partial charge on any atom is 0.0608 e. The highest BCUT2D eigenvalue weighted by atomic mass is 16.3. The van der Waals surface area contributed by atoms with Crippen molar-refractivity contribution in [2.24, 2.45) is 5.92 Å². The van der Waals surface area contributed by atoms with Gasteiger partial charge in [0.1, 0.15) is 0 Å².